The Hall–Kier alpha value is -9.80. The van der Waals surface area contributed by atoms with Crippen LogP contribution in [0.5, 0.6) is 11.5 Å². The second-order valence-corrected chi connectivity index (χ2v) is 20.8. The van der Waals surface area contributed by atoms with E-state index < -0.39 is 40.9 Å². The maximum atomic E-state index is 14.1. The number of carbonyl (C=O) groups is 6. The van der Waals surface area contributed by atoms with Gasteiger partial charge in [0.25, 0.3) is 35.4 Å². The van der Waals surface area contributed by atoms with Crippen LogP contribution >= 0.6 is 0 Å². The van der Waals surface area contributed by atoms with Crippen LogP contribution in [-0.2, 0) is 10.8 Å². The molecule has 0 radical (unpaired) electrons. The minimum absolute atomic E-state index is 0.205. The lowest BCUT2D eigenvalue weighted by atomic mass is 9.73. The van der Waals surface area contributed by atoms with Gasteiger partial charge in [-0.1, -0.05) is 142 Å². The van der Waals surface area contributed by atoms with Gasteiger partial charge in [0.15, 0.2) is 0 Å². The van der Waals surface area contributed by atoms with Crippen LogP contribution in [0, 0.1) is 6.92 Å². The van der Waals surface area contributed by atoms with Gasteiger partial charge in [0, 0.05) is 10.8 Å². The van der Waals surface area contributed by atoms with Crippen molar-refractivity contribution < 1.29 is 33.5 Å². The van der Waals surface area contributed by atoms with E-state index in [-0.39, 0.29) is 27.7 Å². The summed E-state index contributed by atoms with van der Waals surface area (Å²) in [6, 6.07) is 63.0. The third-order valence-corrected chi connectivity index (χ3v) is 15.5. The summed E-state index contributed by atoms with van der Waals surface area (Å²) >= 11 is 0. The van der Waals surface area contributed by atoms with Crippen molar-refractivity contribution in [3.63, 3.8) is 0 Å². The molecule has 0 saturated heterocycles. The number of nitrogens with zero attached hydrogens (tertiary/aromatic N) is 3. The fourth-order valence-corrected chi connectivity index (χ4v) is 10.7. The van der Waals surface area contributed by atoms with Gasteiger partial charge in [-0.2, -0.15) is 0 Å². The van der Waals surface area contributed by atoms with Crippen LogP contribution in [0.2, 0.25) is 0 Å². The molecule has 12 rings (SSSR count). The summed E-state index contributed by atoms with van der Waals surface area (Å²) < 4.78 is 6.08. The summed E-state index contributed by atoms with van der Waals surface area (Å²) in [6.45, 7) is 10.9. The minimum atomic E-state index is -0.510. The van der Waals surface area contributed by atoms with Crippen molar-refractivity contribution in [2.75, 3.05) is 14.7 Å². The molecule has 0 saturated carbocycles. The van der Waals surface area contributed by atoms with Gasteiger partial charge in [0.2, 0.25) is 0 Å². The number of anilines is 3. The molecule has 3 aliphatic heterocycles. The summed E-state index contributed by atoms with van der Waals surface area (Å²) in [7, 11) is 0. The number of hydrogen-bond donors (Lipinski definition) is 0. The van der Waals surface area contributed by atoms with Gasteiger partial charge in [-0.05, 0) is 148 Å². The number of hydrogen-bond acceptors (Lipinski definition) is 7. The molecule has 77 heavy (non-hydrogen) atoms. The van der Waals surface area contributed by atoms with Crippen LogP contribution in [0.1, 0.15) is 118 Å². The number of fused-ring (bicyclic) bond motifs is 3. The van der Waals surface area contributed by atoms with E-state index in [1.54, 1.807) is 97.1 Å². The largest absolute Gasteiger partial charge is 0.457 e. The standard InChI is InChI=1S/C67H49N3O7/c1-40-14-19-45(20-15-40)66(2,3)47-12-9-13-48(39-47)67(4,5)46-21-23-49(24-22-46)68-60(71)55-34-17-43(37-58(55)64(68)75)44-18-35-56-59(38-44)65(76)70(62(56)73)51-27-31-53(32-28-51)77-52-29-25-50(26-30-52)69-61(72)54-33-16-42(36-57(54)63(69)74)41-10-7-6-8-11-41/h6-39H,1-5H3. The molecule has 0 spiro atoms. The zero-order valence-corrected chi connectivity index (χ0v) is 42.8. The highest BCUT2D eigenvalue weighted by molar-refractivity contribution is 6.36. The van der Waals surface area contributed by atoms with Crippen LogP contribution in [0.15, 0.2) is 206 Å². The first-order chi connectivity index (χ1) is 37.1. The third kappa shape index (κ3) is 8.13. The monoisotopic (exact) mass is 1010 g/mol. The summed E-state index contributed by atoms with van der Waals surface area (Å²) in [4.78, 5) is 86.1. The lowest BCUT2D eigenvalue weighted by Gasteiger charge is -2.31. The van der Waals surface area contributed by atoms with Crippen molar-refractivity contribution in [3.05, 3.63) is 267 Å². The van der Waals surface area contributed by atoms with Gasteiger partial charge in [-0.15, -0.1) is 0 Å². The molecule has 6 amide bonds. The van der Waals surface area contributed by atoms with E-state index >= 15 is 0 Å². The fourth-order valence-electron chi connectivity index (χ4n) is 10.7. The van der Waals surface area contributed by atoms with Gasteiger partial charge in [-0.3, -0.25) is 28.8 Å². The highest BCUT2D eigenvalue weighted by atomic mass is 16.5. The molecule has 3 aliphatic rings. The molecule has 0 fully saturated rings. The van der Waals surface area contributed by atoms with E-state index in [0.717, 1.165) is 32.1 Å². The molecule has 10 heteroatoms. The molecule has 0 unspecified atom stereocenters. The molecule has 374 valence electrons. The smallest absolute Gasteiger partial charge is 0.266 e. The van der Waals surface area contributed by atoms with Crippen LogP contribution < -0.4 is 19.4 Å². The van der Waals surface area contributed by atoms with Crippen molar-refractivity contribution in [2.45, 2.75) is 45.4 Å². The zero-order valence-electron chi connectivity index (χ0n) is 42.8. The van der Waals surface area contributed by atoms with E-state index in [2.05, 4.69) is 83.1 Å². The van der Waals surface area contributed by atoms with Crippen molar-refractivity contribution in [1.82, 2.24) is 0 Å². The Morgan fingerprint density at radius 1 is 0.299 bits per heavy atom. The Labute approximate surface area is 445 Å². The second-order valence-electron chi connectivity index (χ2n) is 20.8. The molecule has 0 aliphatic carbocycles. The number of rotatable bonds is 11. The maximum Gasteiger partial charge on any atom is 0.266 e. The Morgan fingerprint density at radius 3 is 1.03 bits per heavy atom. The minimum Gasteiger partial charge on any atom is -0.457 e. The Morgan fingerprint density at radius 2 is 0.636 bits per heavy atom. The van der Waals surface area contributed by atoms with Gasteiger partial charge in [-0.25, -0.2) is 14.7 Å². The van der Waals surface area contributed by atoms with Crippen LogP contribution in [0.4, 0.5) is 17.1 Å². The van der Waals surface area contributed by atoms with E-state index in [4.69, 9.17) is 4.74 Å². The number of aryl methyl sites for hydroxylation is 1. The first-order valence-electron chi connectivity index (χ1n) is 25.4. The first kappa shape index (κ1) is 48.2. The molecular formula is C67H49N3O7. The van der Waals surface area contributed by atoms with Crippen LogP contribution in [-0.4, -0.2) is 35.4 Å². The predicted molar refractivity (Wildman–Crippen MR) is 298 cm³/mol. The Balaban J connectivity index is 0.710. The average Bonchev–Trinajstić information content (AvgIpc) is 4.07. The predicted octanol–water partition coefficient (Wildman–Crippen LogP) is 14.2. The number of carbonyl (C=O) groups excluding carboxylic acids is 6. The molecular weight excluding hydrogens is 959 g/mol. The number of benzene rings is 9. The molecule has 0 atom stereocenters. The molecule has 0 aromatic heterocycles. The molecule has 9 aromatic carbocycles. The SMILES string of the molecule is Cc1ccc(C(C)(C)c2cccc(C(C)(C)c3ccc(N4C(=O)c5ccc(-c6ccc7c(c6)C(=O)N(c6ccc(Oc8ccc(N9C(=O)c%10ccc(-c%11ccccc%11)cc%10C9=O)cc8)cc6)C7=O)cc5C4=O)cc3)c2)cc1. The molecule has 9 aromatic rings. The summed E-state index contributed by atoms with van der Waals surface area (Å²) in [5.74, 6) is -1.82. The highest BCUT2D eigenvalue weighted by Gasteiger charge is 2.40. The Bertz CT molecular complexity index is 3950. The summed E-state index contributed by atoms with van der Waals surface area (Å²) in [5.41, 5.74) is 11.1. The van der Waals surface area contributed by atoms with Crippen molar-refractivity contribution in [2.24, 2.45) is 0 Å². The first-order valence-corrected chi connectivity index (χ1v) is 25.4. The fraction of sp³-hybridized carbons (Fsp3) is 0.104. The van der Waals surface area contributed by atoms with Crippen molar-refractivity contribution in [1.29, 1.82) is 0 Å². The van der Waals surface area contributed by atoms with Gasteiger partial charge >= 0.3 is 0 Å². The zero-order chi connectivity index (χ0) is 53.5. The van der Waals surface area contributed by atoms with Crippen LogP contribution in [0.25, 0.3) is 22.3 Å². The maximum absolute atomic E-state index is 14.1. The van der Waals surface area contributed by atoms with Crippen molar-refractivity contribution in [3.8, 4) is 33.8 Å². The normalized spacial score (nSPS) is 14.1. The van der Waals surface area contributed by atoms with E-state index in [1.807, 2.05) is 60.7 Å². The molecule has 0 N–H and O–H groups in total. The number of amides is 6. The summed E-state index contributed by atoms with van der Waals surface area (Å²) in [5, 5.41) is 0. The highest BCUT2D eigenvalue weighted by Crippen LogP contribution is 2.41. The van der Waals surface area contributed by atoms with Gasteiger partial charge < -0.3 is 4.74 Å². The lowest BCUT2D eigenvalue weighted by Crippen LogP contribution is -2.29. The number of ether oxygens (including phenoxy) is 1. The second kappa shape index (κ2) is 18.2. The third-order valence-electron chi connectivity index (χ3n) is 15.5. The quantitative estimate of drug-likeness (QED) is 0.118. The van der Waals surface area contributed by atoms with E-state index in [0.29, 0.717) is 50.8 Å². The van der Waals surface area contributed by atoms with Gasteiger partial charge in [0.05, 0.1) is 50.4 Å². The van der Waals surface area contributed by atoms with Crippen molar-refractivity contribution >= 4 is 52.5 Å². The summed E-state index contributed by atoms with van der Waals surface area (Å²) in [6.07, 6.45) is 0. The van der Waals surface area contributed by atoms with E-state index in [9.17, 15) is 28.8 Å². The van der Waals surface area contributed by atoms with Crippen LogP contribution in [0.3, 0.4) is 0 Å². The van der Waals surface area contributed by atoms with Gasteiger partial charge in [0.1, 0.15) is 11.5 Å². The topological polar surface area (TPSA) is 121 Å². The average molecular weight is 1010 g/mol. The molecule has 3 heterocycles. The molecule has 0 bridgehead atoms. The molecule has 10 nitrogen and oxygen atoms in total. The Kier molecular flexibility index (Phi) is 11.4. The lowest BCUT2D eigenvalue weighted by molar-refractivity contribution is 0.0910. The number of imide groups is 3. The van der Waals surface area contributed by atoms with E-state index in [1.165, 1.54) is 21.6 Å².